The number of aromatic nitrogens is 1. The highest BCUT2D eigenvalue weighted by atomic mass is 32.4. The zero-order chi connectivity index (χ0) is 27.6. The second kappa shape index (κ2) is 13.7. The van der Waals surface area contributed by atoms with Crippen LogP contribution in [0.5, 0.6) is 0 Å². The van der Waals surface area contributed by atoms with Gasteiger partial charge < -0.3 is 14.7 Å². The van der Waals surface area contributed by atoms with Crippen molar-refractivity contribution in [2.45, 2.75) is 25.8 Å². The van der Waals surface area contributed by atoms with E-state index >= 15 is 0 Å². The molecule has 0 aliphatic heterocycles. The van der Waals surface area contributed by atoms with Crippen molar-refractivity contribution in [2.75, 3.05) is 24.2 Å². The van der Waals surface area contributed by atoms with Gasteiger partial charge in [0, 0.05) is 24.1 Å². The molecule has 4 aromatic rings. The van der Waals surface area contributed by atoms with Gasteiger partial charge in [0.15, 0.2) is 11.3 Å². The van der Waals surface area contributed by atoms with E-state index in [-0.39, 0.29) is 6.61 Å². The summed E-state index contributed by atoms with van der Waals surface area (Å²) < 4.78 is 5.40. The van der Waals surface area contributed by atoms with Gasteiger partial charge in [-0.2, -0.15) is 0 Å². The van der Waals surface area contributed by atoms with Gasteiger partial charge in [0.05, 0.1) is 5.69 Å². The molecule has 0 aliphatic rings. The Kier molecular flexibility index (Phi) is 10.0. The molecule has 1 heterocycles. The van der Waals surface area contributed by atoms with Crippen LogP contribution >= 0.6 is 17.6 Å². The summed E-state index contributed by atoms with van der Waals surface area (Å²) in [7, 11) is 0. The van der Waals surface area contributed by atoms with Crippen LogP contribution in [0.2, 0.25) is 0 Å². The van der Waals surface area contributed by atoms with E-state index in [2.05, 4.69) is 83.3 Å². The molecule has 0 bridgehead atoms. The quantitative estimate of drug-likeness (QED) is 0.0603. The van der Waals surface area contributed by atoms with Gasteiger partial charge in [0.2, 0.25) is 0 Å². The van der Waals surface area contributed by atoms with Crippen molar-refractivity contribution >= 4 is 46.7 Å². The highest BCUT2D eigenvalue weighted by Gasteiger charge is 2.37. The number of anilines is 1. The lowest BCUT2D eigenvalue weighted by molar-refractivity contribution is -0.126. The summed E-state index contributed by atoms with van der Waals surface area (Å²) in [6.45, 7) is 4.15. The van der Waals surface area contributed by atoms with Crippen LogP contribution in [0.4, 0.5) is 5.13 Å². The van der Waals surface area contributed by atoms with Crippen LogP contribution in [0.25, 0.3) is 0 Å². The van der Waals surface area contributed by atoms with Crippen molar-refractivity contribution in [1.29, 1.82) is 0 Å². The van der Waals surface area contributed by atoms with E-state index in [1.165, 1.54) is 0 Å². The zero-order valence-corrected chi connectivity index (χ0v) is 24.6. The summed E-state index contributed by atoms with van der Waals surface area (Å²) in [5, 5.41) is 10.3. The van der Waals surface area contributed by atoms with E-state index in [0.717, 1.165) is 33.7 Å². The van der Waals surface area contributed by atoms with Gasteiger partial charge in [-0.05, 0) is 16.7 Å². The molecule has 0 aliphatic carbocycles. The molecule has 202 valence electrons. The minimum atomic E-state index is -2.10. The smallest absolute Gasteiger partial charge is 0.356 e. The molecule has 9 heteroatoms. The minimum absolute atomic E-state index is 0.282. The molecule has 0 spiro atoms. The van der Waals surface area contributed by atoms with Crippen molar-refractivity contribution in [1.82, 2.24) is 4.98 Å². The van der Waals surface area contributed by atoms with Crippen LogP contribution < -0.4 is 5.32 Å². The second-order valence-corrected chi connectivity index (χ2v) is 14.7. The monoisotopic (exact) mass is 577 g/mol. The second-order valence-electron chi connectivity index (χ2n) is 8.79. The molecule has 0 atom stereocenters. The number of hydrogen-bond acceptors (Lipinski definition) is 8. The van der Waals surface area contributed by atoms with Crippen LogP contribution in [-0.4, -0.2) is 36.1 Å². The molecular formula is C30H32N3O3PS2. The number of hydrogen-bond donors (Lipinski definition) is 1. The molecule has 1 N–H and O–H groups in total. The van der Waals surface area contributed by atoms with Gasteiger partial charge in [0.25, 0.3) is 0 Å². The average Bonchev–Trinajstić information content (AvgIpc) is 3.44. The Hall–Kier alpha value is -3.32. The van der Waals surface area contributed by atoms with E-state index in [9.17, 15) is 4.79 Å². The Balaban J connectivity index is 1.50. The largest absolute Gasteiger partial charge is 0.433 e. The number of nitrogens with zero attached hydrogens (tertiary/aromatic N) is 2. The Morgan fingerprint density at radius 2 is 1.46 bits per heavy atom. The maximum absolute atomic E-state index is 12.0. The maximum Gasteiger partial charge on any atom is 0.356 e. The number of carbonyl (C=O) groups excluding carboxylic acids is 1. The molecule has 39 heavy (non-hydrogen) atoms. The van der Waals surface area contributed by atoms with E-state index in [0.29, 0.717) is 18.7 Å². The summed E-state index contributed by atoms with van der Waals surface area (Å²) in [6.07, 6.45) is 0.824. The Morgan fingerprint density at radius 1 is 0.949 bits per heavy atom. The first-order valence-electron chi connectivity index (χ1n) is 12.8. The van der Waals surface area contributed by atoms with Crippen LogP contribution in [0, 0.1) is 0 Å². The molecule has 3 aromatic carbocycles. The topological polar surface area (TPSA) is 72.8 Å². The third kappa shape index (κ3) is 7.21. The number of thiazole rings is 1. The van der Waals surface area contributed by atoms with Gasteiger partial charge in [0.1, 0.15) is 18.4 Å². The van der Waals surface area contributed by atoms with E-state index in [4.69, 9.17) is 26.2 Å². The van der Waals surface area contributed by atoms with Crippen molar-refractivity contribution in [2.24, 2.45) is 5.16 Å². The van der Waals surface area contributed by atoms with Crippen molar-refractivity contribution in [3.05, 3.63) is 119 Å². The van der Waals surface area contributed by atoms with Crippen molar-refractivity contribution < 1.29 is 14.2 Å². The highest BCUT2D eigenvalue weighted by molar-refractivity contribution is 8.12. The van der Waals surface area contributed by atoms with Crippen LogP contribution in [0.15, 0.2) is 102 Å². The number of carbonyl (C=O) groups is 1. The van der Waals surface area contributed by atoms with Gasteiger partial charge in [-0.15, -0.1) is 11.3 Å². The zero-order valence-electron chi connectivity index (χ0n) is 22.0. The Bertz CT molecular complexity index is 1310. The van der Waals surface area contributed by atoms with Crippen molar-refractivity contribution in [3.8, 4) is 0 Å². The van der Waals surface area contributed by atoms with E-state index in [1.54, 1.807) is 11.3 Å². The third-order valence-corrected chi connectivity index (χ3v) is 11.4. The number of benzene rings is 3. The van der Waals surface area contributed by atoms with E-state index < -0.39 is 17.8 Å². The van der Waals surface area contributed by atoms with Gasteiger partial charge in [-0.25, -0.2) is 9.78 Å². The summed E-state index contributed by atoms with van der Waals surface area (Å²) in [5.41, 5.74) is 3.57. The molecule has 0 fully saturated rings. The molecule has 4 rings (SSSR count). The fourth-order valence-corrected chi connectivity index (χ4v) is 6.35. The summed E-state index contributed by atoms with van der Waals surface area (Å²) >= 11 is 6.97. The number of nitrogens with one attached hydrogen (secondary N) is 1. The number of oxime groups is 1. The lowest BCUT2D eigenvalue weighted by Gasteiger charge is -2.36. The van der Waals surface area contributed by atoms with Gasteiger partial charge in [-0.3, -0.25) is 0 Å². The van der Waals surface area contributed by atoms with E-state index in [1.807, 2.05) is 37.4 Å². The molecule has 6 nitrogen and oxygen atoms in total. The molecule has 0 amide bonds. The molecule has 1 aromatic heterocycles. The standard InChI is InChI=1S/C30H32N3O3PS2/c1-3-37(38,4-2)36-28(34)22-31-35-21-20-27-23-39-29(32-27)33-30(24-14-8-5-9-15-24,25-16-10-6-11-17-25)26-18-12-7-13-19-26/h5-19,22-23H,3-4,20-21H2,1-2H3,(H,32,33)/b31-22-. The molecule has 0 saturated carbocycles. The van der Waals surface area contributed by atoms with Gasteiger partial charge >= 0.3 is 5.97 Å². The first-order chi connectivity index (χ1) is 19.0. The van der Waals surface area contributed by atoms with Gasteiger partial charge in [-0.1, -0.05) is 122 Å². The molecule has 0 saturated heterocycles. The van der Waals surface area contributed by atoms with Crippen LogP contribution in [0.1, 0.15) is 36.2 Å². The summed E-state index contributed by atoms with van der Waals surface area (Å²) in [5.74, 6) is -0.554. The lowest BCUT2D eigenvalue weighted by atomic mass is 9.77. The third-order valence-electron chi connectivity index (χ3n) is 6.37. The summed E-state index contributed by atoms with van der Waals surface area (Å²) in [4.78, 5) is 22.1. The maximum atomic E-state index is 12.0. The predicted octanol–water partition coefficient (Wildman–Crippen LogP) is 7.07. The molecular weight excluding hydrogens is 545 g/mol. The fourth-order valence-electron chi connectivity index (χ4n) is 4.24. The summed E-state index contributed by atoms with van der Waals surface area (Å²) in [6, 6.07) is 31.2. The Labute approximate surface area is 239 Å². The molecule has 0 unspecified atom stereocenters. The predicted molar refractivity (Wildman–Crippen MR) is 165 cm³/mol. The van der Waals surface area contributed by atoms with Crippen molar-refractivity contribution in [3.63, 3.8) is 0 Å². The Morgan fingerprint density at radius 3 is 1.95 bits per heavy atom. The molecule has 0 radical (unpaired) electrons. The first kappa shape index (κ1) is 28.7. The van der Waals surface area contributed by atoms with Crippen LogP contribution in [-0.2, 0) is 37.9 Å². The normalized spacial score (nSPS) is 11.8. The SMILES string of the molecule is CCP(=S)(CC)OC(=O)/C=N\OCCc1csc(NC(c2ccccc2)(c2ccccc2)c2ccccc2)n1. The number of rotatable bonds is 13. The fraction of sp³-hybridized carbons (Fsp3) is 0.233. The average molecular weight is 578 g/mol. The first-order valence-corrected chi connectivity index (χ1v) is 16.8. The minimum Gasteiger partial charge on any atom is -0.433 e. The highest BCUT2D eigenvalue weighted by Crippen LogP contribution is 2.46. The van der Waals surface area contributed by atoms with Crippen LogP contribution in [0.3, 0.4) is 0 Å². The lowest BCUT2D eigenvalue weighted by Crippen LogP contribution is -2.38.